The van der Waals surface area contributed by atoms with E-state index in [1.54, 1.807) is 0 Å². The van der Waals surface area contributed by atoms with Crippen LogP contribution in [-0.2, 0) is 0 Å². The molecule has 0 saturated heterocycles. The summed E-state index contributed by atoms with van der Waals surface area (Å²) < 4.78 is 0.797. The Labute approximate surface area is 76.5 Å². The van der Waals surface area contributed by atoms with Gasteiger partial charge in [-0.25, -0.2) is 0 Å². The molecule has 1 aromatic rings. The Morgan fingerprint density at radius 1 is 1.20 bits per heavy atom. The Hall–Kier alpha value is 0.0425. The molecule has 0 spiro atoms. The first-order chi connectivity index (χ1) is 4.30. The van der Waals surface area contributed by atoms with Crippen LogP contribution in [0, 0.1) is 0 Å². The summed E-state index contributed by atoms with van der Waals surface area (Å²) >= 11 is 1.26. The maximum Gasteiger partial charge on any atom is 0.222 e. The molecule has 0 radical (unpaired) electrons. The average molecular weight is 171 g/mol. The molecule has 0 saturated carbocycles. The Kier molecular flexibility index (Phi) is 4.82. The molecule has 0 aromatic heterocycles. The van der Waals surface area contributed by atoms with E-state index in [0.717, 1.165) is 4.78 Å². The van der Waals surface area contributed by atoms with E-state index in [4.69, 9.17) is 0 Å². The number of hydrogen-bond acceptors (Lipinski definition) is 0. The Morgan fingerprint density at radius 3 is 2.00 bits per heavy atom. The van der Waals surface area contributed by atoms with Crippen molar-refractivity contribution in [1.82, 2.24) is 0 Å². The first-order valence-corrected chi connectivity index (χ1v) is 4.51. The van der Waals surface area contributed by atoms with Gasteiger partial charge in [-0.05, 0) is 0 Å². The maximum atomic E-state index is 2.27. The SMILES string of the molecule is C[CH]([AlH2])c1ccccc1.Cl. The molecule has 1 aromatic carbocycles. The lowest BCUT2D eigenvalue weighted by Crippen LogP contribution is -1.89. The first-order valence-electron chi connectivity index (χ1n) is 3.35. The summed E-state index contributed by atoms with van der Waals surface area (Å²) in [4.78, 5) is 0. The van der Waals surface area contributed by atoms with Gasteiger partial charge in [-0.3, -0.25) is 0 Å². The normalized spacial score (nSPS) is 11.7. The first kappa shape index (κ1) is 10.0. The molecule has 1 atom stereocenters. The van der Waals surface area contributed by atoms with E-state index >= 15 is 0 Å². The van der Waals surface area contributed by atoms with Crippen LogP contribution in [0.2, 0.25) is 0 Å². The fourth-order valence-corrected chi connectivity index (χ4v) is 1.22. The average Bonchev–Trinajstić information content (AvgIpc) is 1.90. The van der Waals surface area contributed by atoms with E-state index in [1.165, 1.54) is 21.9 Å². The second kappa shape index (κ2) is 4.80. The van der Waals surface area contributed by atoms with Gasteiger partial charge in [-0.15, -0.1) is 12.4 Å². The van der Waals surface area contributed by atoms with Gasteiger partial charge in [0, 0.05) is 0 Å². The molecular formula is C8H12AlCl. The van der Waals surface area contributed by atoms with Crippen molar-refractivity contribution in [1.29, 1.82) is 0 Å². The molecule has 1 rings (SSSR count). The van der Waals surface area contributed by atoms with Crippen LogP contribution in [0.1, 0.15) is 17.3 Å². The molecule has 0 bridgehead atoms. The molecule has 0 amide bonds. The van der Waals surface area contributed by atoms with Gasteiger partial charge in [0.05, 0.1) is 0 Å². The van der Waals surface area contributed by atoms with E-state index < -0.39 is 0 Å². The highest BCUT2D eigenvalue weighted by Crippen LogP contribution is 2.08. The third-order valence-corrected chi connectivity index (χ3v) is 2.13. The smallest absolute Gasteiger partial charge is 0.147 e. The van der Waals surface area contributed by atoms with Gasteiger partial charge in [0.2, 0.25) is 16.3 Å². The zero-order chi connectivity index (χ0) is 6.69. The van der Waals surface area contributed by atoms with Crippen molar-refractivity contribution >= 4 is 28.7 Å². The summed E-state index contributed by atoms with van der Waals surface area (Å²) in [7, 11) is 0. The molecule has 0 nitrogen and oxygen atoms in total. The van der Waals surface area contributed by atoms with Crippen LogP contribution in [0.25, 0.3) is 0 Å². The Balaban J connectivity index is 0.000000810. The van der Waals surface area contributed by atoms with Crippen molar-refractivity contribution in [3.05, 3.63) is 35.9 Å². The highest BCUT2D eigenvalue weighted by atomic mass is 35.5. The minimum atomic E-state index is 0. The molecule has 0 aliphatic carbocycles. The van der Waals surface area contributed by atoms with Crippen LogP contribution in [0.3, 0.4) is 0 Å². The van der Waals surface area contributed by atoms with Crippen LogP contribution in [-0.4, -0.2) is 16.3 Å². The number of rotatable bonds is 1. The van der Waals surface area contributed by atoms with E-state index in [0.29, 0.717) is 0 Å². The van der Waals surface area contributed by atoms with Crippen LogP contribution in [0.15, 0.2) is 30.3 Å². The third kappa shape index (κ3) is 2.75. The van der Waals surface area contributed by atoms with Gasteiger partial charge in [-0.1, -0.05) is 47.6 Å². The summed E-state index contributed by atoms with van der Waals surface area (Å²) in [5, 5.41) is 0. The lowest BCUT2D eigenvalue weighted by Gasteiger charge is -2.01. The zero-order valence-corrected chi connectivity index (χ0v) is 9.19. The molecule has 0 heterocycles. The van der Waals surface area contributed by atoms with Crippen LogP contribution >= 0.6 is 12.4 Å². The molecule has 0 aliphatic heterocycles. The van der Waals surface area contributed by atoms with Crippen LogP contribution in [0.5, 0.6) is 0 Å². The summed E-state index contributed by atoms with van der Waals surface area (Å²) in [5.41, 5.74) is 1.48. The predicted molar refractivity (Wildman–Crippen MR) is 50.6 cm³/mol. The predicted octanol–water partition coefficient (Wildman–Crippen LogP) is 1.80. The zero-order valence-electron chi connectivity index (χ0n) is 6.37. The second-order valence-corrected chi connectivity index (χ2v) is 4.30. The van der Waals surface area contributed by atoms with Crippen molar-refractivity contribution in [3.8, 4) is 0 Å². The molecule has 0 aliphatic rings. The van der Waals surface area contributed by atoms with Crippen molar-refractivity contribution in [2.75, 3.05) is 0 Å². The molecule has 10 heavy (non-hydrogen) atoms. The highest BCUT2D eigenvalue weighted by molar-refractivity contribution is 6.12. The fourth-order valence-electron chi connectivity index (χ4n) is 0.838. The van der Waals surface area contributed by atoms with Crippen LogP contribution < -0.4 is 0 Å². The van der Waals surface area contributed by atoms with Crippen molar-refractivity contribution in [3.63, 3.8) is 0 Å². The third-order valence-electron chi connectivity index (χ3n) is 1.47. The molecular weight excluding hydrogens is 159 g/mol. The number of benzene rings is 1. The van der Waals surface area contributed by atoms with Crippen molar-refractivity contribution < 1.29 is 0 Å². The summed E-state index contributed by atoms with van der Waals surface area (Å²) in [6, 6.07) is 10.6. The standard InChI is InChI=1S/C8H9.Al.ClH.2H/c1-2-8-6-4-3-5-7-8;;;;/h2-7H,1H3;;1H;;. The summed E-state index contributed by atoms with van der Waals surface area (Å²) in [5.74, 6) is 0. The Bertz CT molecular complexity index is 172. The highest BCUT2D eigenvalue weighted by Gasteiger charge is 1.93. The summed E-state index contributed by atoms with van der Waals surface area (Å²) in [6.45, 7) is 2.27. The van der Waals surface area contributed by atoms with Gasteiger partial charge in [0.1, 0.15) is 0 Å². The molecule has 0 N–H and O–H groups in total. The fraction of sp³-hybridized carbons (Fsp3) is 0.250. The van der Waals surface area contributed by atoms with Crippen LogP contribution in [0.4, 0.5) is 0 Å². The van der Waals surface area contributed by atoms with Gasteiger partial charge in [0.15, 0.2) is 0 Å². The van der Waals surface area contributed by atoms with Crippen molar-refractivity contribution in [2.45, 2.75) is 11.7 Å². The molecule has 1 unspecified atom stereocenters. The molecule has 2 heteroatoms. The minimum absolute atomic E-state index is 0. The van der Waals surface area contributed by atoms with Gasteiger partial charge in [0.25, 0.3) is 0 Å². The quantitative estimate of drug-likeness (QED) is 0.564. The minimum Gasteiger partial charge on any atom is -0.147 e. The lowest BCUT2D eigenvalue weighted by atomic mass is 10.2. The van der Waals surface area contributed by atoms with Gasteiger partial charge >= 0.3 is 0 Å². The molecule has 0 fully saturated rings. The Morgan fingerprint density at radius 2 is 1.70 bits per heavy atom. The van der Waals surface area contributed by atoms with Crippen molar-refractivity contribution in [2.24, 2.45) is 0 Å². The lowest BCUT2D eigenvalue weighted by molar-refractivity contribution is 1.08. The van der Waals surface area contributed by atoms with E-state index in [2.05, 4.69) is 37.3 Å². The molecule has 54 valence electrons. The number of halogens is 1. The maximum absolute atomic E-state index is 2.27. The van der Waals surface area contributed by atoms with E-state index in [-0.39, 0.29) is 12.4 Å². The van der Waals surface area contributed by atoms with Gasteiger partial charge in [-0.2, -0.15) is 0 Å². The van der Waals surface area contributed by atoms with E-state index in [9.17, 15) is 0 Å². The summed E-state index contributed by atoms with van der Waals surface area (Å²) in [6.07, 6.45) is 0. The number of hydrogen-bond donors (Lipinski definition) is 0. The topological polar surface area (TPSA) is 0 Å². The largest absolute Gasteiger partial charge is 0.222 e. The van der Waals surface area contributed by atoms with Gasteiger partial charge < -0.3 is 0 Å². The monoisotopic (exact) mass is 170 g/mol. The van der Waals surface area contributed by atoms with E-state index in [1.807, 2.05) is 0 Å². The second-order valence-electron chi connectivity index (χ2n) is 2.57.